The van der Waals surface area contributed by atoms with E-state index in [1.165, 1.54) is 11.1 Å². The van der Waals surface area contributed by atoms with Gasteiger partial charge in [0, 0.05) is 54.1 Å². The fraction of sp³-hybridized carbons (Fsp3) is 0.423. The summed E-state index contributed by atoms with van der Waals surface area (Å²) in [6, 6.07) is 2.23. The SMILES string of the molecule is Cc1c[nH]c2ncc(C3=CC4C=NC=CC4C(C4CCCN4C(=O)OC(C)(C)C)=C3)cc12. The maximum atomic E-state index is 13.0. The molecule has 0 spiro atoms. The molecule has 0 radical (unpaired) electrons. The van der Waals surface area contributed by atoms with Gasteiger partial charge in [-0.25, -0.2) is 9.78 Å². The van der Waals surface area contributed by atoms with Crippen LogP contribution in [0.3, 0.4) is 0 Å². The molecule has 2 aliphatic heterocycles. The highest BCUT2D eigenvalue weighted by Crippen LogP contribution is 2.41. The van der Waals surface area contributed by atoms with E-state index in [1.807, 2.05) is 50.5 Å². The molecular formula is C26H30N4O2. The van der Waals surface area contributed by atoms with Gasteiger partial charge in [-0.05, 0) is 63.3 Å². The topological polar surface area (TPSA) is 70.6 Å². The lowest BCUT2D eigenvalue weighted by molar-refractivity contribution is 0.0244. The molecule has 1 amide bonds. The van der Waals surface area contributed by atoms with Crippen LogP contribution < -0.4 is 0 Å². The first-order chi connectivity index (χ1) is 15.3. The minimum Gasteiger partial charge on any atom is -0.444 e. The average Bonchev–Trinajstić information content (AvgIpc) is 3.39. The number of carbonyl (C=O) groups is 1. The van der Waals surface area contributed by atoms with Crippen LogP contribution in [-0.2, 0) is 4.74 Å². The smallest absolute Gasteiger partial charge is 0.410 e. The molecular weight excluding hydrogens is 400 g/mol. The zero-order valence-electron chi connectivity index (χ0n) is 19.1. The Bertz CT molecular complexity index is 1180. The summed E-state index contributed by atoms with van der Waals surface area (Å²) < 4.78 is 5.73. The molecule has 4 heterocycles. The van der Waals surface area contributed by atoms with Crippen molar-refractivity contribution in [2.24, 2.45) is 16.8 Å². The number of carbonyl (C=O) groups excluding carboxylic acids is 1. The van der Waals surface area contributed by atoms with Crippen molar-refractivity contribution >= 4 is 28.9 Å². The summed E-state index contributed by atoms with van der Waals surface area (Å²) in [5.41, 5.74) is 5.05. The van der Waals surface area contributed by atoms with Gasteiger partial charge in [0.25, 0.3) is 0 Å². The molecule has 3 aliphatic rings. The van der Waals surface area contributed by atoms with E-state index in [4.69, 9.17) is 4.74 Å². The Kier molecular flexibility index (Phi) is 5.03. The Hall–Kier alpha value is -3.15. The van der Waals surface area contributed by atoms with E-state index in [2.05, 4.69) is 46.2 Å². The van der Waals surface area contributed by atoms with Crippen molar-refractivity contribution in [3.05, 3.63) is 59.6 Å². The number of rotatable bonds is 2. The van der Waals surface area contributed by atoms with Gasteiger partial charge in [-0.15, -0.1) is 0 Å². The second kappa shape index (κ2) is 7.76. The predicted octanol–water partition coefficient (Wildman–Crippen LogP) is 5.42. The molecule has 6 heteroatoms. The number of amides is 1. The zero-order chi connectivity index (χ0) is 22.5. The molecule has 32 heavy (non-hydrogen) atoms. The van der Waals surface area contributed by atoms with Crippen molar-refractivity contribution in [2.45, 2.75) is 52.2 Å². The van der Waals surface area contributed by atoms with Crippen LogP contribution in [-0.4, -0.2) is 45.4 Å². The molecule has 0 aromatic carbocycles. The van der Waals surface area contributed by atoms with Crippen molar-refractivity contribution in [3.63, 3.8) is 0 Å². The summed E-state index contributed by atoms with van der Waals surface area (Å²) in [5, 5.41) is 1.13. The molecule has 2 aromatic rings. The van der Waals surface area contributed by atoms with Crippen molar-refractivity contribution in [3.8, 4) is 0 Å². The second-order valence-corrected chi connectivity index (χ2v) is 9.93. The van der Waals surface area contributed by atoms with Gasteiger partial charge in [-0.3, -0.25) is 4.99 Å². The predicted molar refractivity (Wildman–Crippen MR) is 127 cm³/mol. The number of hydrogen-bond acceptors (Lipinski definition) is 4. The standard InChI is InChI=1S/C26H30N4O2/c1-16-13-28-24-21(16)12-18(15-29-24)17-10-19-14-27-8-7-20(19)22(11-17)23-6-5-9-30(23)25(31)32-26(2,3)4/h7-8,10-15,19-20,23H,5-6,9H2,1-4H3,(H,28,29). The summed E-state index contributed by atoms with van der Waals surface area (Å²) in [6.45, 7) is 8.56. The number of nitrogens with zero attached hydrogens (tertiary/aromatic N) is 3. The van der Waals surface area contributed by atoms with Crippen molar-refractivity contribution in [2.75, 3.05) is 6.54 Å². The number of pyridine rings is 1. The molecule has 3 unspecified atom stereocenters. The monoisotopic (exact) mass is 430 g/mol. The first kappa shape index (κ1) is 20.7. The van der Waals surface area contributed by atoms with Crippen LogP contribution in [0, 0.1) is 18.8 Å². The van der Waals surface area contributed by atoms with E-state index < -0.39 is 5.60 Å². The average molecular weight is 431 g/mol. The van der Waals surface area contributed by atoms with Gasteiger partial charge in [0.15, 0.2) is 0 Å². The maximum absolute atomic E-state index is 13.0. The Labute approximate surface area is 188 Å². The van der Waals surface area contributed by atoms with Crippen LogP contribution in [0.5, 0.6) is 0 Å². The number of allylic oxidation sites excluding steroid dienone is 4. The maximum Gasteiger partial charge on any atom is 0.410 e. The van der Waals surface area contributed by atoms with Gasteiger partial charge in [-0.1, -0.05) is 18.2 Å². The summed E-state index contributed by atoms with van der Waals surface area (Å²) in [4.78, 5) is 27.1. The zero-order valence-corrected chi connectivity index (χ0v) is 19.1. The minimum absolute atomic E-state index is 0.0304. The van der Waals surface area contributed by atoms with Crippen LogP contribution in [0.4, 0.5) is 4.79 Å². The number of aryl methyl sites for hydroxylation is 1. The van der Waals surface area contributed by atoms with Crippen LogP contribution >= 0.6 is 0 Å². The Morgan fingerprint density at radius 1 is 1.31 bits per heavy atom. The summed E-state index contributed by atoms with van der Waals surface area (Å²) in [7, 11) is 0. The summed E-state index contributed by atoms with van der Waals surface area (Å²) in [6.07, 6.45) is 16.2. The summed E-state index contributed by atoms with van der Waals surface area (Å²) in [5.74, 6) is 0.370. The molecule has 6 nitrogen and oxygen atoms in total. The molecule has 0 saturated carbocycles. The first-order valence-electron chi connectivity index (χ1n) is 11.4. The van der Waals surface area contributed by atoms with Gasteiger partial charge in [0.1, 0.15) is 11.2 Å². The number of aliphatic imine (C=N–C) groups is 1. The molecule has 1 fully saturated rings. The highest BCUT2D eigenvalue weighted by molar-refractivity contribution is 5.88. The molecule has 1 N–H and O–H groups in total. The second-order valence-electron chi connectivity index (χ2n) is 9.93. The third kappa shape index (κ3) is 3.78. The molecule has 5 rings (SSSR count). The van der Waals surface area contributed by atoms with Crippen LogP contribution in [0.1, 0.15) is 44.7 Å². The van der Waals surface area contributed by atoms with E-state index in [0.717, 1.165) is 41.6 Å². The van der Waals surface area contributed by atoms with Crippen LogP contribution in [0.25, 0.3) is 16.6 Å². The van der Waals surface area contributed by atoms with Crippen molar-refractivity contribution in [1.82, 2.24) is 14.9 Å². The molecule has 0 bridgehead atoms. The summed E-state index contributed by atoms with van der Waals surface area (Å²) >= 11 is 0. The Morgan fingerprint density at radius 3 is 2.97 bits per heavy atom. The number of aromatic nitrogens is 2. The highest BCUT2D eigenvalue weighted by Gasteiger charge is 2.39. The van der Waals surface area contributed by atoms with Crippen molar-refractivity contribution in [1.29, 1.82) is 0 Å². The van der Waals surface area contributed by atoms with E-state index >= 15 is 0 Å². The lowest BCUT2D eigenvalue weighted by Gasteiger charge is -2.36. The number of H-pyrrole nitrogens is 1. The molecule has 2 aromatic heterocycles. The van der Waals surface area contributed by atoms with E-state index in [-0.39, 0.29) is 24.0 Å². The number of ether oxygens (including phenoxy) is 1. The normalized spacial score (nSPS) is 25.0. The Morgan fingerprint density at radius 2 is 2.16 bits per heavy atom. The lowest BCUT2D eigenvalue weighted by atomic mass is 9.75. The van der Waals surface area contributed by atoms with Gasteiger partial charge in [-0.2, -0.15) is 0 Å². The number of likely N-dealkylation sites (tertiary alicyclic amines) is 1. The first-order valence-corrected chi connectivity index (χ1v) is 11.4. The molecule has 1 saturated heterocycles. The van der Waals surface area contributed by atoms with Gasteiger partial charge in [0.2, 0.25) is 0 Å². The van der Waals surface area contributed by atoms with Gasteiger partial charge < -0.3 is 14.6 Å². The van der Waals surface area contributed by atoms with E-state index in [9.17, 15) is 4.79 Å². The van der Waals surface area contributed by atoms with E-state index in [1.54, 1.807) is 0 Å². The third-order valence-electron chi connectivity index (χ3n) is 6.47. The number of fused-ring (bicyclic) bond motifs is 2. The van der Waals surface area contributed by atoms with E-state index in [0.29, 0.717) is 0 Å². The molecule has 166 valence electrons. The molecule has 3 atom stereocenters. The Balaban J connectivity index is 1.53. The number of hydrogen-bond donors (Lipinski definition) is 1. The highest BCUT2D eigenvalue weighted by atomic mass is 16.6. The van der Waals surface area contributed by atoms with Crippen LogP contribution in [0.2, 0.25) is 0 Å². The van der Waals surface area contributed by atoms with Crippen molar-refractivity contribution < 1.29 is 9.53 Å². The lowest BCUT2D eigenvalue weighted by Crippen LogP contribution is -2.42. The van der Waals surface area contributed by atoms with Gasteiger partial charge in [0.05, 0.1) is 6.04 Å². The molecule has 1 aliphatic carbocycles. The van der Waals surface area contributed by atoms with Gasteiger partial charge >= 0.3 is 6.09 Å². The largest absolute Gasteiger partial charge is 0.444 e. The quantitative estimate of drug-likeness (QED) is 0.691. The minimum atomic E-state index is -0.508. The number of aromatic amines is 1. The third-order valence-corrected chi connectivity index (χ3v) is 6.47. The fourth-order valence-electron chi connectivity index (χ4n) is 4.97. The fourth-order valence-corrected chi connectivity index (χ4v) is 4.97. The number of nitrogens with one attached hydrogen (secondary N) is 1. The van der Waals surface area contributed by atoms with Crippen LogP contribution in [0.15, 0.2) is 53.5 Å².